The number of piperazine rings is 1. The standard InChI is InChI=1S/C48H62ClN7O11S2/c1-7-29-24-48(29,45(59)53-69(61,62)30-8-9-30)52-42(57)34-23-38(35-25-55(46(60)67-47(4,5)6)41(44(58)56(34)35)28-12-17-63-18-13-28)66-37-22-32(43-51-33(26-68-43)27(2)3)50-40-31(37)10-11-36(39(40)49)65-21-16-54-14-19-64-20-15-54/h7,10-11,22,26-30,34-35,38,41H,1,8-9,12-21,23-25H2,2-6H3,(H,52,57)(H,53,59)/t29-,34+,35-,38-,41-,48-/m1/s1. The number of fused-ring (bicyclic) bond motifs is 2. The Balaban J connectivity index is 1.09. The average molecular weight is 1010 g/mol. The summed E-state index contributed by atoms with van der Waals surface area (Å²) in [5, 5.41) is 5.64. The van der Waals surface area contributed by atoms with E-state index in [1.54, 1.807) is 32.9 Å². The maximum atomic E-state index is 15.4. The Morgan fingerprint density at radius 3 is 2.43 bits per heavy atom. The quantitative estimate of drug-likeness (QED) is 0.186. The Bertz CT molecular complexity index is 2590. The summed E-state index contributed by atoms with van der Waals surface area (Å²) in [6.45, 7) is 18.0. The van der Waals surface area contributed by atoms with Crippen LogP contribution in [-0.2, 0) is 38.6 Å². The van der Waals surface area contributed by atoms with Gasteiger partial charge in [0.2, 0.25) is 21.8 Å². The van der Waals surface area contributed by atoms with E-state index in [2.05, 4.69) is 35.4 Å². The second kappa shape index (κ2) is 19.5. The number of halogens is 1. The molecule has 18 nitrogen and oxygen atoms in total. The van der Waals surface area contributed by atoms with Gasteiger partial charge in [-0.3, -0.25) is 28.9 Å². The number of carbonyl (C=O) groups excluding carboxylic acids is 4. The van der Waals surface area contributed by atoms with E-state index >= 15 is 4.79 Å². The molecular weight excluding hydrogens is 950 g/mol. The van der Waals surface area contributed by atoms with Gasteiger partial charge in [-0.15, -0.1) is 17.9 Å². The van der Waals surface area contributed by atoms with Crippen LogP contribution >= 0.6 is 22.9 Å². The first kappa shape index (κ1) is 49.4. The summed E-state index contributed by atoms with van der Waals surface area (Å²) >= 11 is 8.62. The number of thiazole rings is 1. The minimum Gasteiger partial charge on any atom is -0.491 e. The molecule has 0 spiro atoms. The third kappa shape index (κ3) is 10.3. The highest BCUT2D eigenvalue weighted by Crippen LogP contribution is 2.47. The molecule has 0 radical (unpaired) electrons. The van der Waals surface area contributed by atoms with Gasteiger partial charge in [0.25, 0.3) is 5.91 Å². The molecule has 2 aromatic heterocycles. The van der Waals surface area contributed by atoms with Gasteiger partial charge in [-0.2, -0.15) is 0 Å². The van der Waals surface area contributed by atoms with Crippen molar-refractivity contribution in [2.24, 2.45) is 11.8 Å². The molecule has 1 aromatic carbocycles. The number of rotatable bonds is 15. The molecule has 3 aromatic rings. The molecule has 4 amide bonds. The van der Waals surface area contributed by atoms with Gasteiger partial charge in [0.15, 0.2) is 0 Å². The number of amides is 4. The largest absolute Gasteiger partial charge is 0.491 e. The molecule has 4 aliphatic heterocycles. The third-order valence-corrected chi connectivity index (χ3v) is 17.0. The van der Waals surface area contributed by atoms with Crippen LogP contribution in [0, 0.1) is 11.8 Å². The average Bonchev–Trinajstić information content (AvgIpc) is 4.21. The van der Waals surface area contributed by atoms with E-state index in [0.717, 1.165) is 18.8 Å². The number of benzene rings is 1. The van der Waals surface area contributed by atoms with Gasteiger partial charge < -0.3 is 33.9 Å². The van der Waals surface area contributed by atoms with E-state index in [1.165, 1.54) is 27.2 Å². The molecule has 0 unspecified atom stereocenters. The van der Waals surface area contributed by atoms with E-state index in [9.17, 15) is 22.8 Å². The van der Waals surface area contributed by atoms with Crippen LogP contribution in [0.5, 0.6) is 11.5 Å². The molecule has 6 aliphatic rings. The lowest BCUT2D eigenvalue weighted by molar-refractivity contribution is -0.155. The van der Waals surface area contributed by atoms with Crippen molar-refractivity contribution in [2.45, 2.75) is 120 Å². The van der Waals surface area contributed by atoms with Crippen molar-refractivity contribution in [2.75, 3.05) is 59.2 Å². The van der Waals surface area contributed by atoms with Crippen LogP contribution in [0.4, 0.5) is 4.79 Å². The first-order valence-corrected chi connectivity index (χ1v) is 26.8. The number of nitrogens with zero attached hydrogens (tertiary/aromatic N) is 5. The van der Waals surface area contributed by atoms with Gasteiger partial charge in [0, 0.05) is 68.6 Å². The predicted molar refractivity (Wildman–Crippen MR) is 258 cm³/mol. The Hall–Kier alpha value is -4.60. The van der Waals surface area contributed by atoms with Crippen LogP contribution in [0.3, 0.4) is 0 Å². The molecule has 6 heterocycles. The zero-order valence-electron chi connectivity index (χ0n) is 39.7. The molecule has 374 valence electrons. The van der Waals surface area contributed by atoms with Gasteiger partial charge in [-0.1, -0.05) is 31.5 Å². The van der Waals surface area contributed by atoms with Crippen molar-refractivity contribution >= 4 is 67.7 Å². The zero-order chi connectivity index (χ0) is 49.0. The fourth-order valence-corrected chi connectivity index (χ4v) is 12.4. The smallest absolute Gasteiger partial charge is 0.411 e. The normalized spacial score (nSPS) is 26.7. The van der Waals surface area contributed by atoms with Crippen molar-refractivity contribution in [3.8, 4) is 22.2 Å². The molecule has 4 saturated heterocycles. The first-order valence-electron chi connectivity index (χ1n) is 24.0. The van der Waals surface area contributed by atoms with Crippen molar-refractivity contribution in [3.05, 3.63) is 47.0 Å². The van der Waals surface area contributed by atoms with Crippen LogP contribution in [0.1, 0.15) is 84.8 Å². The van der Waals surface area contributed by atoms with Crippen LogP contribution in [0.2, 0.25) is 5.02 Å². The van der Waals surface area contributed by atoms with Gasteiger partial charge >= 0.3 is 6.09 Å². The number of hydrogen-bond acceptors (Lipinski definition) is 15. The van der Waals surface area contributed by atoms with Crippen molar-refractivity contribution in [3.63, 3.8) is 0 Å². The van der Waals surface area contributed by atoms with E-state index in [1.807, 2.05) is 11.4 Å². The summed E-state index contributed by atoms with van der Waals surface area (Å²) in [6.07, 6.45) is 1.87. The lowest BCUT2D eigenvalue weighted by atomic mass is 9.87. The number of carbonyl (C=O) groups is 4. The van der Waals surface area contributed by atoms with Crippen molar-refractivity contribution in [1.29, 1.82) is 0 Å². The number of pyridine rings is 1. The van der Waals surface area contributed by atoms with Crippen LogP contribution in [0.15, 0.2) is 36.2 Å². The molecule has 9 rings (SSSR count). The minimum absolute atomic E-state index is 0.0420. The number of sulfonamides is 1. The third-order valence-electron chi connectivity index (χ3n) is 13.9. The minimum atomic E-state index is -3.96. The maximum Gasteiger partial charge on any atom is 0.411 e. The van der Waals surface area contributed by atoms with Crippen LogP contribution in [0.25, 0.3) is 21.6 Å². The fourth-order valence-electron chi connectivity index (χ4n) is 9.87. The highest BCUT2D eigenvalue weighted by atomic mass is 35.5. The number of ether oxygens (including phenoxy) is 5. The second-order valence-electron chi connectivity index (χ2n) is 20.2. The van der Waals surface area contributed by atoms with Gasteiger partial charge in [-0.05, 0) is 76.8 Å². The van der Waals surface area contributed by atoms with Gasteiger partial charge in [0.1, 0.15) is 63.2 Å². The summed E-state index contributed by atoms with van der Waals surface area (Å²) in [4.78, 5) is 73.6. The van der Waals surface area contributed by atoms with Crippen LogP contribution < -0.4 is 19.5 Å². The van der Waals surface area contributed by atoms with Gasteiger partial charge in [0.05, 0.1) is 35.7 Å². The van der Waals surface area contributed by atoms with E-state index in [-0.39, 0.29) is 36.2 Å². The Kier molecular flexibility index (Phi) is 14.0. The van der Waals surface area contributed by atoms with Gasteiger partial charge in [-0.25, -0.2) is 23.2 Å². The van der Waals surface area contributed by atoms with E-state index in [0.29, 0.717) is 98.4 Å². The van der Waals surface area contributed by atoms with Crippen molar-refractivity contribution < 1.29 is 51.3 Å². The summed E-state index contributed by atoms with van der Waals surface area (Å²) in [6, 6.07) is 2.28. The zero-order valence-corrected chi connectivity index (χ0v) is 42.1. The molecular formula is C48H62ClN7O11S2. The molecule has 21 heteroatoms. The molecule has 0 bridgehead atoms. The number of morpholine rings is 1. The topological polar surface area (TPSA) is 208 Å². The number of nitrogens with one attached hydrogen (secondary N) is 2. The summed E-state index contributed by atoms with van der Waals surface area (Å²) in [7, 11) is -3.96. The molecule has 2 N–H and O–H groups in total. The fraction of sp³-hybridized carbons (Fsp3) is 0.625. The lowest BCUT2D eigenvalue weighted by Gasteiger charge is -2.48. The van der Waals surface area contributed by atoms with Crippen molar-refractivity contribution in [1.82, 2.24) is 34.7 Å². The molecule has 69 heavy (non-hydrogen) atoms. The molecule has 2 saturated carbocycles. The first-order chi connectivity index (χ1) is 32.9. The monoisotopic (exact) mass is 1010 g/mol. The van der Waals surface area contributed by atoms with E-state index < -0.39 is 80.4 Å². The Morgan fingerprint density at radius 2 is 1.78 bits per heavy atom. The number of aromatic nitrogens is 2. The summed E-state index contributed by atoms with van der Waals surface area (Å²) in [5.74, 6) is -1.91. The second-order valence-corrected chi connectivity index (χ2v) is 23.4. The Labute approximate surface area is 411 Å². The molecule has 2 aliphatic carbocycles. The predicted octanol–water partition coefficient (Wildman–Crippen LogP) is 5.28. The lowest BCUT2D eigenvalue weighted by Crippen LogP contribution is -2.68. The highest BCUT2D eigenvalue weighted by Gasteiger charge is 2.63. The SMILES string of the molecule is C=C[C@@H]1C[C@]1(NC(=O)[C@@H]1C[C@@H](Oc2cc(-c3nc(C(C)C)cs3)nc3c(Cl)c(OCCN4CCOCC4)ccc23)[C@H]2CN(C(=O)OC(C)(C)C)[C@H](C3CCOCC3)C(=O)N21)C(=O)NS(=O)(=O)C1CC1. The Morgan fingerprint density at radius 1 is 1.06 bits per heavy atom. The summed E-state index contributed by atoms with van der Waals surface area (Å²) in [5.41, 5.74) is -0.723. The maximum absolute atomic E-state index is 15.4. The van der Waals surface area contributed by atoms with Crippen LogP contribution in [-0.4, -0.2) is 157 Å². The highest BCUT2D eigenvalue weighted by molar-refractivity contribution is 7.91. The van der Waals surface area contributed by atoms with E-state index in [4.69, 9.17) is 45.3 Å². The molecule has 6 fully saturated rings. The summed E-state index contributed by atoms with van der Waals surface area (Å²) < 4.78 is 58.6. The number of hydrogen-bond donors (Lipinski definition) is 2. The molecule has 6 atom stereocenters.